The third-order valence-electron chi connectivity index (χ3n) is 6.31. The monoisotopic (exact) mass is 345 g/mol. The smallest absolute Gasteiger partial charge is 0.201 e. The predicted octanol–water partition coefficient (Wildman–Crippen LogP) is 1.90. The number of likely N-dealkylation sites (N-methyl/N-ethyl adjacent to an activating group) is 1. The van der Waals surface area contributed by atoms with E-state index in [1.165, 1.54) is 14.2 Å². The molecule has 0 amide bonds. The Kier molecular flexibility index (Phi) is 3.51. The summed E-state index contributed by atoms with van der Waals surface area (Å²) in [7, 11) is 5.08. The van der Waals surface area contributed by atoms with Crippen molar-refractivity contribution in [2.45, 2.75) is 30.7 Å². The molecule has 6 heteroatoms. The van der Waals surface area contributed by atoms with Crippen molar-refractivity contribution in [2.75, 3.05) is 27.8 Å². The van der Waals surface area contributed by atoms with Gasteiger partial charge in [-0.2, -0.15) is 0 Å². The Hall–Kier alpha value is -2.21. The number of piperidine rings is 1. The molecule has 2 N–H and O–H groups in total. The zero-order chi connectivity index (χ0) is 17.9. The molecule has 0 aromatic heterocycles. The van der Waals surface area contributed by atoms with Crippen LogP contribution < -0.4 is 4.74 Å². The molecular formula is C19H23NO5. The highest BCUT2D eigenvalue weighted by Crippen LogP contribution is 2.59. The Labute approximate surface area is 146 Å². The first-order valence-electron chi connectivity index (χ1n) is 8.54. The molecule has 3 atom stereocenters. The van der Waals surface area contributed by atoms with Crippen LogP contribution in [-0.2, 0) is 21.4 Å². The number of Topliss-reactive ketones (excluding diaryl/α,β-unsaturated/α-hetero) is 1. The number of rotatable bonds is 2. The van der Waals surface area contributed by atoms with Crippen LogP contribution in [0, 0.1) is 5.92 Å². The van der Waals surface area contributed by atoms with E-state index in [1.54, 1.807) is 6.07 Å². The first kappa shape index (κ1) is 16.3. The number of phenols is 1. The van der Waals surface area contributed by atoms with Crippen molar-refractivity contribution in [1.29, 1.82) is 0 Å². The molecule has 3 aliphatic rings. The van der Waals surface area contributed by atoms with E-state index < -0.39 is 5.41 Å². The Balaban J connectivity index is 2.02. The van der Waals surface area contributed by atoms with Crippen molar-refractivity contribution >= 4 is 5.78 Å². The maximum absolute atomic E-state index is 12.6. The standard InChI is InChI=1S/C19H23NO5/c1-20-7-6-19-9-12(21)16(22)18(25-3)15(19)11(20)8-10-4-5-13(24-2)17(23)14(10)19/h4-5,11,15,22-23H,6-9H2,1-3H3. The number of methoxy groups -OCH3 is 2. The first-order chi connectivity index (χ1) is 11.9. The molecule has 4 rings (SSSR count). The van der Waals surface area contributed by atoms with Gasteiger partial charge in [0.2, 0.25) is 5.78 Å². The second kappa shape index (κ2) is 5.39. The molecule has 1 heterocycles. The Morgan fingerprint density at radius 2 is 2.00 bits per heavy atom. The minimum absolute atomic E-state index is 0.109. The summed E-state index contributed by atoms with van der Waals surface area (Å²) in [5.74, 6) is 0.105. The van der Waals surface area contributed by atoms with Gasteiger partial charge in [-0.3, -0.25) is 4.79 Å². The number of aliphatic hydroxyl groups excluding tert-OH is 1. The molecule has 1 aliphatic heterocycles. The Bertz CT molecular complexity index is 786. The lowest BCUT2D eigenvalue weighted by atomic mass is 9.53. The molecule has 0 spiro atoms. The number of ketones is 1. The fourth-order valence-corrected chi connectivity index (χ4v) is 5.19. The number of fused-ring (bicyclic) bond motifs is 1. The van der Waals surface area contributed by atoms with Gasteiger partial charge in [-0.25, -0.2) is 0 Å². The summed E-state index contributed by atoms with van der Waals surface area (Å²) in [6.07, 6.45) is 1.61. The van der Waals surface area contributed by atoms with Gasteiger partial charge in [0.15, 0.2) is 17.3 Å². The second-order valence-corrected chi connectivity index (χ2v) is 7.30. The third kappa shape index (κ3) is 1.97. The van der Waals surface area contributed by atoms with Crippen LogP contribution in [0.15, 0.2) is 23.7 Å². The van der Waals surface area contributed by atoms with Crippen LogP contribution in [0.5, 0.6) is 11.5 Å². The lowest BCUT2D eigenvalue weighted by molar-refractivity contribution is -0.124. The average molecular weight is 345 g/mol. The van der Waals surface area contributed by atoms with Gasteiger partial charge in [-0.15, -0.1) is 0 Å². The molecule has 0 radical (unpaired) electrons. The predicted molar refractivity (Wildman–Crippen MR) is 90.9 cm³/mol. The molecule has 1 fully saturated rings. The molecule has 1 saturated heterocycles. The normalized spacial score (nSPS) is 31.4. The Morgan fingerprint density at radius 3 is 2.68 bits per heavy atom. The molecular weight excluding hydrogens is 322 g/mol. The minimum Gasteiger partial charge on any atom is -0.504 e. The van der Waals surface area contributed by atoms with Gasteiger partial charge in [-0.05, 0) is 38.1 Å². The number of carbonyl (C=O) groups is 1. The van der Waals surface area contributed by atoms with Gasteiger partial charge in [0, 0.05) is 29.4 Å². The number of nitrogens with zero attached hydrogens (tertiary/aromatic N) is 1. The molecule has 2 aliphatic carbocycles. The highest BCUT2D eigenvalue weighted by atomic mass is 16.5. The number of hydrogen-bond donors (Lipinski definition) is 2. The van der Waals surface area contributed by atoms with Gasteiger partial charge in [-0.1, -0.05) is 6.07 Å². The fourth-order valence-electron chi connectivity index (χ4n) is 5.19. The highest BCUT2D eigenvalue weighted by molar-refractivity contribution is 5.96. The first-order valence-corrected chi connectivity index (χ1v) is 8.54. The molecule has 3 unspecified atom stereocenters. The molecule has 25 heavy (non-hydrogen) atoms. The fraction of sp³-hybridized carbons (Fsp3) is 0.526. The third-order valence-corrected chi connectivity index (χ3v) is 6.31. The maximum atomic E-state index is 12.6. The summed E-state index contributed by atoms with van der Waals surface area (Å²) < 4.78 is 10.8. The molecule has 6 nitrogen and oxygen atoms in total. The largest absolute Gasteiger partial charge is 0.504 e. The van der Waals surface area contributed by atoms with Crippen LogP contribution in [0.1, 0.15) is 24.0 Å². The van der Waals surface area contributed by atoms with Gasteiger partial charge >= 0.3 is 0 Å². The van der Waals surface area contributed by atoms with E-state index in [2.05, 4.69) is 11.9 Å². The van der Waals surface area contributed by atoms with Gasteiger partial charge in [0.25, 0.3) is 0 Å². The summed E-state index contributed by atoms with van der Waals surface area (Å²) in [6.45, 7) is 0.822. The van der Waals surface area contributed by atoms with E-state index >= 15 is 0 Å². The van der Waals surface area contributed by atoms with Gasteiger partial charge < -0.3 is 24.6 Å². The van der Waals surface area contributed by atoms with Crippen molar-refractivity contribution in [3.8, 4) is 11.5 Å². The van der Waals surface area contributed by atoms with Crippen molar-refractivity contribution in [3.05, 3.63) is 34.8 Å². The highest BCUT2D eigenvalue weighted by Gasteiger charge is 2.60. The molecule has 1 aromatic carbocycles. The molecule has 2 bridgehead atoms. The van der Waals surface area contributed by atoms with Crippen LogP contribution in [0.2, 0.25) is 0 Å². The number of phenolic OH excluding ortho intramolecular Hbond substituents is 1. The number of ether oxygens (including phenoxy) is 2. The van der Waals surface area contributed by atoms with E-state index in [1.807, 2.05) is 6.07 Å². The zero-order valence-corrected chi connectivity index (χ0v) is 14.7. The van der Waals surface area contributed by atoms with E-state index in [0.29, 0.717) is 17.9 Å². The summed E-state index contributed by atoms with van der Waals surface area (Å²) in [5.41, 5.74) is 1.25. The maximum Gasteiger partial charge on any atom is 0.201 e. The topological polar surface area (TPSA) is 79.2 Å². The minimum atomic E-state index is -0.571. The van der Waals surface area contributed by atoms with Crippen LogP contribution in [0.3, 0.4) is 0 Å². The SMILES string of the molecule is COC1=C(O)C(=O)CC23CCN(C)C(Cc4ccc(OC)c(O)c42)C13. The summed E-state index contributed by atoms with van der Waals surface area (Å²) in [6, 6.07) is 3.86. The molecule has 134 valence electrons. The Morgan fingerprint density at radius 1 is 1.24 bits per heavy atom. The van der Waals surface area contributed by atoms with E-state index in [0.717, 1.165) is 24.1 Å². The van der Waals surface area contributed by atoms with Crippen molar-refractivity contribution in [3.63, 3.8) is 0 Å². The second-order valence-electron chi connectivity index (χ2n) is 7.30. The summed E-state index contributed by atoms with van der Waals surface area (Å²) >= 11 is 0. The zero-order valence-electron chi connectivity index (χ0n) is 14.7. The summed E-state index contributed by atoms with van der Waals surface area (Å²) in [4.78, 5) is 14.8. The number of aliphatic hydroxyl groups is 1. The van der Waals surface area contributed by atoms with Crippen LogP contribution >= 0.6 is 0 Å². The average Bonchev–Trinajstić information content (AvgIpc) is 2.59. The van der Waals surface area contributed by atoms with E-state index in [-0.39, 0.29) is 35.7 Å². The van der Waals surface area contributed by atoms with Crippen molar-refractivity contribution in [1.82, 2.24) is 4.90 Å². The number of benzene rings is 1. The van der Waals surface area contributed by atoms with Gasteiger partial charge in [0.05, 0.1) is 14.2 Å². The van der Waals surface area contributed by atoms with Gasteiger partial charge in [0.1, 0.15) is 5.76 Å². The number of allylic oxidation sites excluding steroid dienone is 1. The van der Waals surface area contributed by atoms with Crippen molar-refractivity contribution in [2.24, 2.45) is 5.92 Å². The summed E-state index contributed by atoms with van der Waals surface area (Å²) in [5, 5.41) is 21.2. The van der Waals surface area contributed by atoms with E-state index in [4.69, 9.17) is 9.47 Å². The lowest BCUT2D eigenvalue weighted by Gasteiger charge is -2.57. The lowest BCUT2D eigenvalue weighted by Crippen LogP contribution is -2.61. The molecule has 1 aromatic rings. The van der Waals surface area contributed by atoms with Crippen molar-refractivity contribution < 1.29 is 24.5 Å². The quantitative estimate of drug-likeness (QED) is 0.852. The van der Waals surface area contributed by atoms with Crippen LogP contribution in [-0.4, -0.2) is 54.8 Å². The van der Waals surface area contributed by atoms with Crippen LogP contribution in [0.25, 0.3) is 0 Å². The van der Waals surface area contributed by atoms with Crippen LogP contribution in [0.4, 0.5) is 0 Å². The number of likely N-dealkylation sites (tertiary alicyclic amines) is 1. The number of carbonyl (C=O) groups excluding carboxylic acids is 1. The number of hydrogen-bond acceptors (Lipinski definition) is 6. The molecule has 0 saturated carbocycles. The number of aromatic hydroxyl groups is 1. The van der Waals surface area contributed by atoms with E-state index in [9.17, 15) is 15.0 Å².